The summed E-state index contributed by atoms with van der Waals surface area (Å²) in [5.74, 6) is -2.70. The van der Waals surface area contributed by atoms with Gasteiger partial charge in [0.2, 0.25) is 0 Å². The molecule has 2 rings (SSSR count). The molecule has 0 aliphatic rings. The number of carboxylic acids is 2. The van der Waals surface area contributed by atoms with Crippen LogP contribution in [0.1, 0.15) is 21.0 Å². The molecule has 6 N–H and O–H groups in total. The number of carbonyl (C=O) groups excluding carboxylic acids is 2. The number of nitrogens with zero attached hydrogens (tertiary/aromatic N) is 2. The second-order valence-corrected chi connectivity index (χ2v) is 3.46. The van der Waals surface area contributed by atoms with Gasteiger partial charge in [-0.3, -0.25) is 9.97 Å². The first-order valence-electron chi connectivity index (χ1n) is 5.27. The number of aromatic nitrogens is 2. The molecule has 2 heterocycles. The summed E-state index contributed by atoms with van der Waals surface area (Å²) in [6.45, 7) is 0. The molecule has 10 heteroatoms. The maximum absolute atomic E-state index is 10.2. The SMILES string of the molecule is Nc1cccnc1C(=O)[O-].Nc1cccnc1C(=O)[O-].O.[Zn+2]. The molecule has 22 heavy (non-hydrogen) atoms. The van der Waals surface area contributed by atoms with Crippen LogP contribution >= 0.6 is 0 Å². The minimum absolute atomic E-state index is 0. The summed E-state index contributed by atoms with van der Waals surface area (Å²) >= 11 is 0. The van der Waals surface area contributed by atoms with Crippen LogP contribution in [0, 0.1) is 0 Å². The quantitative estimate of drug-likeness (QED) is 0.539. The summed E-state index contributed by atoms with van der Waals surface area (Å²) in [6, 6.07) is 6.03. The first-order valence-corrected chi connectivity index (χ1v) is 5.27. The van der Waals surface area contributed by atoms with Crippen LogP contribution in [0.2, 0.25) is 0 Å². The zero-order chi connectivity index (χ0) is 15.1. The second-order valence-electron chi connectivity index (χ2n) is 3.46. The molecule has 0 spiro atoms. The molecule has 0 aliphatic heterocycles. The molecule has 0 fully saturated rings. The molecule has 0 saturated carbocycles. The summed E-state index contributed by atoms with van der Waals surface area (Å²) in [5, 5.41) is 20.3. The molecule has 0 atom stereocenters. The van der Waals surface area contributed by atoms with Crippen molar-refractivity contribution in [2.45, 2.75) is 0 Å². The van der Waals surface area contributed by atoms with E-state index in [1.54, 1.807) is 12.1 Å². The Hall–Kier alpha value is -2.58. The third-order valence-corrected chi connectivity index (χ3v) is 2.06. The van der Waals surface area contributed by atoms with Crippen molar-refractivity contribution in [1.29, 1.82) is 0 Å². The maximum Gasteiger partial charge on any atom is 2.00 e. The van der Waals surface area contributed by atoms with Crippen molar-refractivity contribution in [3.05, 3.63) is 48.0 Å². The number of nitrogen functional groups attached to an aromatic ring is 2. The van der Waals surface area contributed by atoms with E-state index in [4.69, 9.17) is 11.5 Å². The van der Waals surface area contributed by atoms with Crippen molar-refractivity contribution in [1.82, 2.24) is 9.97 Å². The fraction of sp³-hybridized carbons (Fsp3) is 0. The zero-order valence-corrected chi connectivity index (χ0v) is 14.3. The van der Waals surface area contributed by atoms with Crippen LogP contribution in [0.15, 0.2) is 36.7 Å². The first kappa shape index (κ1) is 21.7. The van der Waals surface area contributed by atoms with Gasteiger partial charge < -0.3 is 36.7 Å². The van der Waals surface area contributed by atoms with Gasteiger partial charge in [-0.1, -0.05) is 0 Å². The number of carboxylic acid groups (broad SMARTS) is 2. The van der Waals surface area contributed by atoms with Crippen LogP contribution in [0.5, 0.6) is 0 Å². The van der Waals surface area contributed by atoms with Crippen molar-refractivity contribution in [2.24, 2.45) is 0 Å². The summed E-state index contributed by atoms with van der Waals surface area (Å²) in [6.07, 6.45) is 2.70. The van der Waals surface area contributed by atoms with Gasteiger partial charge >= 0.3 is 19.5 Å². The number of rotatable bonds is 2. The average Bonchev–Trinajstić information content (AvgIpc) is 2.40. The van der Waals surface area contributed by atoms with Crippen molar-refractivity contribution < 1.29 is 44.8 Å². The van der Waals surface area contributed by atoms with Gasteiger partial charge in [0.05, 0.1) is 23.3 Å². The normalized spacial score (nSPS) is 8.36. The van der Waals surface area contributed by atoms with Gasteiger partial charge in [-0.25, -0.2) is 0 Å². The van der Waals surface area contributed by atoms with Gasteiger partial charge in [-0.15, -0.1) is 0 Å². The zero-order valence-electron chi connectivity index (χ0n) is 11.4. The smallest absolute Gasteiger partial charge is 0.543 e. The van der Waals surface area contributed by atoms with E-state index in [1.807, 2.05) is 0 Å². The third kappa shape index (κ3) is 6.25. The Kier molecular flexibility index (Phi) is 10.1. The molecular formula is C12H12N4O5Zn. The summed E-state index contributed by atoms with van der Waals surface area (Å²) in [7, 11) is 0. The van der Waals surface area contributed by atoms with Gasteiger partial charge in [0.25, 0.3) is 0 Å². The minimum atomic E-state index is -1.35. The molecule has 9 nitrogen and oxygen atoms in total. The Morgan fingerprint density at radius 3 is 1.36 bits per heavy atom. The van der Waals surface area contributed by atoms with Gasteiger partial charge in [-0.05, 0) is 24.3 Å². The predicted molar refractivity (Wildman–Crippen MR) is 69.6 cm³/mol. The predicted octanol–water partition coefficient (Wildman–Crippen LogP) is -2.77. The van der Waals surface area contributed by atoms with Crippen LogP contribution in [-0.4, -0.2) is 27.4 Å². The van der Waals surface area contributed by atoms with Crippen LogP contribution in [0.4, 0.5) is 11.4 Å². The number of pyridine rings is 2. The summed E-state index contributed by atoms with van der Waals surface area (Å²) in [4.78, 5) is 27.3. The first-order chi connectivity index (χ1) is 9.43. The van der Waals surface area contributed by atoms with Crippen molar-refractivity contribution in [2.75, 3.05) is 11.5 Å². The van der Waals surface area contributed by atoms with Gasteiger partial charge in [-0.2, -0.15) is 0 Å². The standard InChI is InChI=1S/2C6H6N2O2.H2O.Zn/c2*7-4-2-1-3-8-5(4)6(9)10;;/h2*1-3H,7H2,(H,9,10);1H2;/q;;;+2/p-2. The Morgan fingerprint density at radius 2 is 1.18 bits per heavy atom. The van der Waals surface area contributed by atoms with Gasteiger partial charge in [0, 0.05) is 12.4 Å². The Balaban J connectivity index is 0. The largest absolute Gasteiger partial charge is 2.00 e. The average molecular weight is 358 g/mol. The molecular weight excluding hydrogens is 346 g/mol. The minimum Gasteiger partial charge on any atom is -0.543 e. The van der Waals surface area contributed by atoms with E-state index in [0.717, 1.165) is 0 Å². The topological polar surface area (TPSA) is 190 Å². The number of anilines is 2. The van der Waals surface area contributed by atoms with E-state index < -0.39 is 11.9 Å². The Labute approximate surface area is 138 Å². The van der Waals surface area contributed by atoms with Crippen molar-refractivity contribution in [3.63, 3.8) is 0 Å². The molecule has 2 aromatic rings. The molecule has 0 aromatic carbocycles. The van der Waals surface area contributed by atoms with Gasteiger partial charge in [0.1, 0.15) is 11.4 Å². The summed E-state index contributed by atoms with van der Waals surface area (Å²) in [5.41, 5.74) is 10.3. The molecule has 0 unspecified atom stereocenters. The van der Waals surface area contributed by atoms with Crippen LogP contribution in [0.3, 0.4) is 0 Å². The molecule has 0 amide bonds. The van der Waals surface area contributed by atoms with Crippen molar-refractivity contribution >= 4 is 23.3 Å². The van der Waals surface area contributed by atoms with Crippen molar-refractivity contribution in [3.8, 4) is 0 Å². The number of aromatic carboxylic acids is 2. The van der Waals surface area contributed by atoms with Crippen LogP contribution in [0.25, 0.3) is 0 Å². The maximum atomic E-state index is 10.2. The van der Waals surface area contributed by atoms with Crippen LogP contribution < -0.4 is 21.7 Å². The number of carbonyl (C=O) groups is 2. The molecule has 112 valence electrons. The van der Waals surface area contributed by atoms with E-state index in [9.17, 15) is 19.8 Å². The number of hydrogen-bond acceptors (Lipinski definition) is 8. The molecule has 0 bridgehead atoms. The monoisotopic (exact) mass is 356 g/mol. The molecule has 2 aromatic heterocycles. The second kappa shape index (κ2) is 10.2. The van der Waals surface area contributed by atoms with E-state index in [2.05, 4.69) is 9.97 Å². The molecule has 0 aliphatic carbocycles. The van der Waals surface area contributed by atoms with E-state index in [-0.39, 0.29) is 47.7 Å². The van der Waals surface area contributed by atoms with Gasteiger partial charge in [0.15, 0.2) is 0 Å². The van der Waals surface area contributed by atoms with E-state index >= 15 is 0 Å². The number of nitrogens with two attached hydrogens (primary N) is 2. The van der Waals surface area contributed by atoms with Crippen LogP contribution in [-0.2, 0) is 19.5 Å². The fourth-order valence-corrected chi connectivity index (χ4v) is 1.18. The Bertz CT molecular complexity index is 583. The molecule has 0 radical (unpaired) electrons. The Morgan fingerprint density at radius 1 is 0.864 bits per heavy atom. The van der Waals surface area contributed by atoms with E-state index in [1.165, 1.54) is 24.5 Å². The fourth-order valence-electron chi connectivity index (χ4n) is 1.18. The molecule has 0 saturated heterocycles. The number of hydrogen-bond donors (Lipinski definition) is 2. The van der Waals surface area contributed by atoms with E-state index in [0.29, 0.717) is 0 Å². The third-order valence-electron chi connectivity index (χ3n) is 2.06. The summed E-state index contributed by atoms with van der Waals surface area (Å²) < 4.78 is 0.